The Kier molecular flexibility index (Phi) is 10.5. The van der Waals surface area contributed by atoms with Gasteiger partial charge >= 0.3 is 0 Å². The molecule has 1 fully saturated rings. The number of rotatable bonds is 9. The molecule has 2 heterocycles. The summed E-state index contributed by atoms with van der Waals surface area (Å²) < 4.78 is 44.5. The van der Waals surface area contributed by atoms with Gasteiger partial charge in [0.15, 0.2) is 28.9 Å². The summed E-state index contributed by atoms with van der Waals surface area (Å²) in [5, 5.41) is 3.15. The van der Waals surface area contributed by atoms with Crippen LogP contribution in [0, 0.1) is 18.6 Å². The van der Waals surface area contributed by atoms with Gasteiger partial charge in [0.2, 0.25) is 5.95 Å². The van der Waals surface area contributed by atoms with Crippen LogP contribution in [0.25, 0.3) is 0 Å². The smallest absolute Gasteiger partial charge is 0.227 e. The summed E-state index contributed by atoms with van der Waals surface area (Å²) in [6, 6.07) is 5.20. The minimum atomic E-state index is -0.860. The Morgan fingerprint density at radius 1 is 0.949 bits per heavy atom. The fourth-order valence-corrected chi connectivity index (χ4v) is 4.26. The van der Waals surface area contributed by atoms with Crippen LogP contribution < -0.4 is 30.2 Å². The van der Waals surface area contributed by atoms with E-state index in [0.29, 0.717) is 11.6 Å². The molecule has 0 saturated carbocycles. The summed E-state index contributed by atoms with van der Waals surface area (Å²) in [5.41, 5.74) is 9.43. The third-order valence-electron chi connectivity index (χ3n) is 6.45. The van der Waals surface area contributed by atoms with Crippen molar-refractivity contribution in [1.29, 1.82) is 0 Å². The molecule has 0 amide bonds. The van der Waals surface area contributed by atoms with Crippen molar-refractivity contribution in [2.45, 2.75) is 34.3 Å². The molecule has 39 heavy (non-hydrogen) atoms. The average Bonchev–Trinajstić information content (AvgIpc) is 2.96. The summed E-state index contributed by atoms with van der Waals surface area (Å²) in [6.07, 6.45) is 2.82. The molecule has 1 aromatic heterocycles. The van der Waals surface area contributed by atoms with Crippen LogP contribution >= 0.6 is 0 Å². The zero-order valence-electron chi connectivity index (χ0n) is 23.5. The Hall–Kier alpha value is -3.86. The number of hydrogen-bond acceptors (Lipinski definition) is 9. The maximum Gasteiger partial charge on any atom is 0.227 e. The van der Waals surface area contributed by atoms with Gasteiger partial charge in [-0.2, -0.15) is 0 Å². The molecule has 3 aromatic rings. The second-order valence-corrected chi connectivity index (χ2v) is 8.69. The van der Waals surface area contributed by atoms with E-state index in [9.17, 15) is 8.78 Å². The molecule has 0 bridgehead atoms. The number of halogens is 2. The first-order valence-corrected chi connectivity index (χ1v) is 13.0. The van der Waals surface area contributed by atoms with Gasteiger partial charge in [-0.05, 0) is 31.2 Å². The Morgan fingerprint density at radius 3 is 2.05 bits per heavy atom. The monoisotopic (exact) mass is 544 g/mol. The molecular weight excluding hydrogens is 506 g/mol. The summed E-state index contributed by atoms with van der Waals surface area (Å²) >= 11 is 0. The Labute approximate surface area is 228 Å². The number of benzene rings is 2. The minimum absolute atomic E-state index is 0.144. The first kappa shape index (κ1) is 29.7. The lowest BCUT2D eigenvalue weighted by molar-refractivity contribution is 0.271. The van der Waals surface area contributed by atoms with Gasteiger partial charge in [-0.1, -0.05) is 20.8 Å². The summed E-state index contributed by atoms with van der Waals surface area (Å²) in [7, 11) is 2.57. The van der Waals surface area contributed by atoms with Crippen LogP contribution in [0.3, 0.4) is 0 Å². The number of nitrogen functional groups attached to an aromatic ring is 1. The van der Waals surface area contributed by atoms with Crippen LogP contribution in [-0.2, 0) is 6.61 Å². The average molecular weight is 545 g/mol. The highest BCUT2D eigenvalue weighted by molar-refractivity contribution is 5.78. The lowest BCUT2D eigenvalue weighted by Crippen LogP contribution is -2.46. The molecule has 0 atom stereocenters. The number of methoxy groups -OCH3 is 2. The van der Waals surface area contributed by atoms with Gasteiger partial charge in [-0.3, -0.25) is 0 Å². The fourth-order valence-electron chi connectivity index (χ4n) is 4.26. The maximum atomic E-state index is 14.6. The molecule has 0 unspecified atom stereocenters. The van der Waals surface area contributed by atoms with Crippen molar-refractivity contribution in [3.63, 3.8) is 0 Å². The number of aromatic nitrogens is 2. The first-order valence-electron chi connectivity index (χ1n) is 13.0. The molecule has 1 saturated heterocycles. The number of aryl methyl sites for hydroxylation is 1. The zero-order valence-corrected chi connectivity index (χ0v) is 23.5. The Morgan fingerprint density at radius 2 is 1.54 bits per heavy atom. The van der Waals surface area contributed by atoms with E-state index in [-0.39, 0.29) is 22.8 Å². The zero-order chi connectivity index (χ0) is 28.5. The molecule has 212 valence electrons. The third-order valence-corrected chi connectivity index (χ3v) is 6.45. The van der Waals surface area contributed by atoms with E-state index >= 15 is 0 Å². The maximum absolute atomic E-state index is 14.6. The van der Waals surface area contributed by atoms with Crippen molar-refractivity contribution in [2.24, 2.45) is 0 Å². The standard InChI is InChI=1S/C26H32F2N6O3.C2H6/c1-5-33-6-8-34(9-7-33)17-10-16(2)25(20(29)11-17)32-26-30-13-18(14-31-26)37-15-19-23(27)21(35-3)12-22(36-4)24(19)28;1-2/h10-14H,5-9,15,29H2,1-4H3,(H,30,31,32);1-2H3. The predicted octanol–water partition coefficient (Wildman–Crippen LogP) is 5.15. The van der Waals surface area contributed by atoms with Gasteiger partial charge in [0.25, 0.3) is 0 Å². The van der Waals surface area contributed by atoms with Crippen molar-refractivity contribution < 1.29 is 23.0 Å². The van der Waals surface area contributed by atoms with Gasteiger partial charge in [-0.25, -0.2) is 18.7 Å². The predicted molar refractivity (Wildman–Crippen MR) is 150 cm³/mol. The number of hydrogen-bond donors (Lipinski definition) is 2. The number of ether oxygens (including phenoxy) is 3. The fraction of sp³-hybridized carbons (Fsp3) is 0.429. The summed E-state index contributed by atoms with van der Waals surface area (Å²) in [5.74, 6) is -1.46. The lowest BCUT2D eigenvalue weighted by Gasteiger charge is -2.36. The van der Waals surface area contributed by atoms with E-state index in [2.05, 4.69) is 38.1 Å². The van der Waals surface area contributed by atoms with E-state index in [4.69, 9.17) is 19.9 Å². The first-order chi connectivity index (χ1) is 18.8. The van der Waals surface area contributed by atoms with Crippen molar-refractivity contribution >= 4 is 23.0 Å². The molecule has 1 aliphatic heterocycles. The minimum Gasteiger partial charge on any atom is -0.494 e. The van der Waals surface area contributed by atoms with Crippen LogP contribution in [0.2, 0.25) is 0 Å². The van der Waals surface area contributed by atoms with Crippen molar-refractivity contribution in [3.8, 4) is 17.2 Å². The number of anilines is 4. The SMILES string of the molecule is CC.CCN1CCN(c2cc(C)c(Nc3ncc(OCc4c(F)c(OC)cc(OC)c4F)cn3)c(N)c2)CC1. The van der Waals surface area contributed by atoms with E-state index < -0.39 is 18.2 Å². The Balaban J connectivity index is 0.00000205. The lowest BCUT2D eigenvalue weighted by atomic mass is 10.1. The van der Waals surface area contributed by atoms with Crippen LogP contribution in [-0.4, -0.2) is 61.8 Å². The summed E-state index contributed by atoms with van der Waals surface area (Å²) in [6.45, 7) is 12.8. The number of nitrogens with two attached hydrogens (primary N) is 1. The highest BCUT2D eigenvalue weighted by Gasteiger charge is 2.21. The number of nitrogens with one attached hydrogen (secondary N) is 1. The topological polar surface area (TPSA) is 98.0 Å². The van der Waals surface area contributed by atoms with Crippen LogP contribution in [0.4, 0.5) is 31.8 Å². The molecule has 0 aliphatic carbocycles. The molecular formula is C28H38F2N6O3. The van der Waals surface area contributed by atoms with Gasteiger partial charge in [0.1, 0.15) is 6.61 Å². The molecule has 9 nitrogen and oxygen atoms in total. The summed E-state index contributed by atoms with van der Waals surface area (Å²) in [4.78, 5) is 13.3. The van der Waals surface area contributed by atoms with E-state index in [1.54, 1.807) is 0 Å². The molecule has 0 radical (unpaired) electrons. The number of piperazine rings is 1. The van der Waals surface area contributed by atoms with Crippen LogP contribution in [0.1, 0.15) is 31.9 Å². The highest BCUT2D eigenvalue weighted by atomic mass is 19.1. The Bertz CT molecular complexity index is 1180. The van der Waals surface area contributed by atoms with Crippen molar-refractivity contribution in [2.75, 3.05) is 62.9 Å². The number of nitrogens with zero attached hydrogens (tertiary/aromatic N) is 4. The van der Waals surface area contributed by atoms with E-state index in [1.165, 1.54) is 26.6 Å². The molecule has 11 heteroatoms. The second-order valence-electron chi connectivity index (χ2n) is 8.69. The third kappa shape index (κ3) is 6.97. The quantitative estimate of drug-likeness (QED) is 0.354. The molecule has 4 rings (SSSR count). The second kappa shape index (κ2) is 13.8. The molecule has 0 spiro atoms. The van der Waals surface area contributed by atoms with Gasteiger partial charge in [0.05, 0.1) is 43.6 Å². The normalized spacial score (nSPS) is 13.4. The van der Waals surface area contributed by atoms with Crippen LogP contribution in [0.5, 0.6) is 17.2 Å². The largest absolute Gasteiger partial charge is 0.494 e. The van der Waals surface area contributed by atoms with Crippen molar-refractivity contribution in [3.05, 3.63) is 53.4 Å². The molecule has 1 aliphatic rings. The van der Waals surface area contributed by atoms with Gasteiger partial charge < -0.3 is 35.1 Å². The number of likely N-dealkylation sites (N-methyl/N-ethyl adjacent to an activating group) is 1. The van der Waals surface area contributed by atoms with Crippen LogP contribution in [0.15, 0.2) is 30.6 Å². The van der Waals surface area contributed by atoms with E-state index in [1.807, 2.05) is 26.8 Å². The van der Waals surface area contributed by atoms with Gasteiger partial charge in [-0.15, -0.1) is 0 Å². The molecule has 3 N–H and O–H groups in total. The van der Waals surface area contributed by atoms with Gasteiger partial charge in [0, 0.05) is 37.9 Å². The highest BCUT2D eigenvalue weighted by Crippen LogP contribution is 2.33. The molecule has 2 aromatic carbocycles. The van der Waals surface area contributed by atoms with Crippen molar-refractivity contribution in [1.82, 2.24) is 14.9 Å². The van der Waals surface area contributed by atoms with E-state index in [0.717, 1.165) is 55.7 Å².